The van der Waals surface area contributed by atoms with Gasteiger partial charge in [0.1, 0.15) is 5.75 Å². The fourth-order valence-corrected chi connectivity index (χ4v) is 3.34. The summed E-state index contributed by atoms with van der Waals surface area (Å²) in [6.07, 6.45) is 0. The zero-order valence-electron chi connectivity index (χ0n) is 15.9. The van der Waals surface area contributed by atoms with Crippen LogP contribution >= 0.6 is 11.8 Å². The third-order valence-electron chi connectivity index (χ3n) is 4.24. The highest BCUT2D eigenvalue weighted by atomic mass is 32.2. The van der Waals surface area contributed by atoms with Gasteiger partial charge in [-0.05, 0) is 35.2 Å². The van der Waals surface area contributed by atoms with Gasteiger partial charge in [-0.3, -0.25) is 4.57 Å². The molecule has 1 heterocycles. The lowest BCUT2D eigenvalue weighted by Gasteiger charge is -2.19. The quantitative estimate of drug-likeness (QED) is 0.594. The fourth-order valence-electron chi connectivity index (χ4n) is 2.73. The van der Waals surface area contributed by atoms with Gasteiger partial charge >= 0.3 is 0 Å². The molecule has 0 bridgehead atoms. The highest BCUT2D eigenvalue weighted by Crippen LogP contribution is 2.30. The van der Waals surface area contributed by atoms with E-state index in [2.05, 4.69) is 61.3 Å². The summed E-state index contributed by atoms with van der Waals surface area (Å²) in [6, 6.07) is 18.3. The summed E-state index contributed by atoms with van der Waals surface area (Å²) in [5, 5.41) is 18.3. The van der Waals surface area contributed by atoms with Gasteiger partial charge in [0.15, 0.2) is 11.0 Å². The van der Waals surface area contributed by atoms with Gasteiger partial charge in [0.05, 0.1) is 18.9 Å². The maximum absolute atomic E-state index is 8.94. The van der Waals surface area contributed by atoms with Gasteiger partial charge in [-0.25, -0.2) is 0 Å². The first-order valence-electron chi connectivity index (χ1n) is 8.64. The summed E-state index contributed by atoms with van der Waals surface area (Å²) < 4.78 is 7.23. The molecule has 138 valence electrons. The highest BCUT2D eigenvalue weighted by Gasteiger charge is 2.18. The molecule has 27 heavy (non-hydrogen) atoms. The zero-order chi connectivity index (χ0) is 19.4. The van der Waals surface area contributed by atoms with Crippen molar-refractivity contribution in [2.24, 2.45) is 0 Å². The molecule has 0 fully saturated rings. The Bertz CT molecular complexity index is 948. The van der Waals surface area contributed by atoms with Crippen LogP contribution in [-0.4, -0.2) is 27.6 Å². The van der Waals surface area contributed by atoms with Crippen molar-refractivity contribution in [3.8, 4) is 28.9 Å². The van der Waals surface area contributed by atoms with Gasteiger partial charge in [-0.2, -0.15) is 5.26 Å². The largest absolute Gasteiger partial charge is 0.497 e. The lowest BCUT2D eigenvalue weighted by molar-refractivity contribution is 0.414. The smallest absolute Gasteiger partial charge is 0.197 e. The van der Waals surface area contributed by atoms with E-state index in [4.69, 9.17) is 10.00 Å². The summed E-state index contributed by atoms with van der Waals surface area (Å²) >= 11 is 1.37. The van der Waals surface area contributed by atoms with Gasteiger partial charge in [-0.1, -0.05) is 56.8 Å². The first-order valence-corrected chi connectivity index (χ1v) is 9.63. The Morgan fingerprint density at radius 2 is 1.70 bits per heavy atom. The number of nitrogens with zero attached hydrogens (tertiary/aromatic N) is 4. The molecule has 0 amide bonds. The highest BCUT2D eigenvalue weighted by molar-refractivity contribution is 7.99. The molecule has 5 nitrogen and oxygen atoms in total. The third kappa shape index (κ3) is 4.15. The Morgan fingerprint density at radius 3 is 2.26 bits per heavy atom. The van der Waals surface area contributed by atoms with Crippen LogP contribution in [0.3, 0.4) is 0 Å². The van der Waals surface area contributed by atoms with Crippen LogP contribution in [0.25, 0.3) is 17.1 Å². The SMILES string of the molecule is COc1ccc(-n2c(SCC#N)nnc2-c2ccc(C(C)(C)C)cc2)cc1. The molecule has 1 aromatic heterocycles. The van der Waals surface area contributed by atoms with E-state index in [0.717, 1.165) is 22.8 Å². The summed E-state index contributed by atoms with van der Waals surface area (Å²) in [5.41, 5.74) is 3.27. The molecule has 0 aliphatic carbocycles. The predicted molar refractivity (Wildman–Crippen MR) is 108 cm³/mol. The number of methoxy groups -OCH3 is 1. The van der Waals surface area contributed by atoms with Crippen LogP contribution in [0.5, 0.6) is 5.75 Å². The van der Waals surface area contributed by atoms with Crippen LogP contribution in [0.4, 0.5) is 0 Å². The molecule has 0 saturated heterocycles. The monoisotopic (exact) mass is 378 g/mol. The van der Waals surface area contributed by atoms with Gasteiger partial charge < -0.3 is 4.74 Å². The average molecular weight is 379 g/mol. The minimum absolute atomic E-state index is 0.0932. The molecular formula is C21H22N4OS. The van der Waals surface area contributed by atoms with Crippen LogP contribution in [0.15, 0.2) is 53.7 Å². The Morgan fingerprint density at radius 1 is 1.04 bits per heavy atom. The second kappa shape index (κ2) is 7.85. The topological polar surface area (TPSA) is 63.7 Å². The van der Waals surface area contributed by atoms with E-state index in [1.54, 1.807) is 7.11 Å². The van der Waals surface area contributed by atoms with Crippen molar-refractivity contribution in [3.05, 3.63) is 54.1 Å². The van der Waals surface area contributed by atoms with Crippen LogP contribution in [0.2, 0.25) is 0 Å². The lowest BCUT2D eigenvalue weighted by atomic mass is 9.87. The minimum Gasteiger partial charge on any atom is -0.497 e. The Labute approximate surface area is 164 Å². The number of hydrogen-bond donors (Lipinski definition) is 0. The van der Waals surface area contributed by atoms with Crippen LogP contribution in [-0.2, 0) is 5.41 Å². The average Bonchev–Trinajstić information content (AvgIpc) is 3.09. The van der Waals surface area contributed by atoms with Gasteiger partial charge in [0, 0.05) is 11.3 Å². The second-order valence-electron chi connectivity index (χ2n) is 7.11. The van der Waals surface area contributed by atoms with E-state index in [1.165, 1.54) is 17.3 Å². The van der Waals surface area contributed by atoms with Gasteiger partial charge in [0.2, 0.25) is 0 Å². The number of aromatic nitrogens is 3. The number of rotatable bonds is 5. The predicted octanol–water partition coefficient (Wildman–Crippen LogP) is 4.86. The number of benzene rings is 2. The summed E-state index contributed by atoms with van der Waals surface area (Å²) in [7, 11) is 1.64. The van der Waals surface area contributed by atoms with E-state index < -0.39 is 0 Å². The number of nitriles is 1. The van der Waals surface area contributed by atoms with Gasteiger partial charge in [-0.15, -0.1) is 10.2 Å². The summed E-state index contributed by atoms with van der Waals surface area (Å²) in [6.45, 7) is 6.58. The molecule has 0 aliphatic heterocycles. The van der Waals surface area contributed by atoms with Crippen molar-refractivity contribution >= 4 is 11.8 Å². The van der Waals surface area contributed by atoms with Crippen molar-refractivity contribution < 1.29 is 4.74 Å². The minimum atomic E-state index is 0.0932. The van der Waals surface area contributed by atoms with E-state index in [0.29, 0.717) is 10.9 Å². The zero-order valence-corrected chi connectivity index (χ0v) is 16.7. The second-order valence-corrected chi connectivity index (χ2v) is 8.06. The molecular weight excluding hydrogens is 356 g/mol. The van der Waals surface area contributed by atoms with Crippen molar-refractivity contribution in [2.75, 3.05) is 12.9 Å². The number of thioether (sulfide) groups is 1. The standard InChI is InChI=1S/C21H22N4OS/c1-21(2,3)16-7-5-15(6-8-16)19-23-24-20(27-14-13-22)25(19)17-9-11-18(26-4)12-10-17/h5-12H,14H2,1-4H3. The van der Waals surface area contributed by atoms with Crippen LogP contribution in [0, 0.1) is 11.3 Å². The Hall–Kier alpha value is -2.78. The van der Waals surface area contributed by atoms with Crippen LogP contribution in [0.1, 0.15) is 26.3 Å². The molecule has 0 radical (unpaired) electrons. The molecule has 0 atom stereocenters. The first kappa shape index (κ1) is 19.0. The van der Waals surface area contributed by atoms with Gasteiger partial charge in [0.25, 0.3) is 0 Å². The normalized spacial score (nSPS) is 11.2. The van der Waals surface area contributed by atoms with Crippen molar-refractivity contribution in [1.82, 2.24) is 14.8 Å². The maximum atomic E-state index is 8.94. The number of ether oxygens (including phenoxy) is 1. The lowest BCUT2D eigenvalue weighted by Crippen LogP contribution is -2.10. The third-order valence-corrected chi connectivity index (χ3v) is 5.03. The van der Waals surface area contributed by atoms with E-state index in [9.17, 15) is 0 Å². The van der Waals surface area contributed by atoms with E-state index >= 15 is 0 Å². The Balaban J connectivity index is 2.07. The summed E-state index contributed by atoms with van der Waals surface area (Å²) in [5.74, 6) is 1.85. The molecule has 0 aliphatic rings. The summed E-state index contributed by atoms with van der Waals surface area (Å²) in [4.78, 5) is 0. The molecule has 0 N–H and O–H groups in total. The number of hydrogen-bond acceptors (Lipinski definition) is 5. The van der Waals surface area contributed by atoms with Crippen molar-refractivity contribution in [1.29, 1.82) is 5.26 Å². The first-order chi connectivity index (χ1) is 12.9. The molecule has 2 aromatic carbocycles. The van der Waals surface area contributed by atoms with Crippen LogP contribution < -0.4 is 4.74 Å². The van der Waals surface area contributed by atoms with E-state index in [-0.39, 0.29) is 5.41 Å². The molecule has 6 heteroatoms. The fraction of sp³-hybridized carbons (Fsp3) is 0.286. The maximum Gasteiger partial charge on any atom is 0.197 e. The Kier molecular flexibility index (Phi) is 5.52. The molecule has 0 unspecified atom stereocenters. The van der Waals surface area contributed by atoms with E-state index in [1.807, 2.05) is 28.8 Å². The molecule has 0 spiro atoms. The molecule has 3 rings (SSSR count). The molecule has 3 aromatic rings. The van der Waals surface area contributed by atoms with Crippen molar-refractivity contribution in [2.45, 2.75) is 31.3 Å². The van der Waals surface area contributed by atoms with Crippen molar-refractivity contribution in [3.63, 3.8) is 0 Å². The molecule has 0 saturated carbocycles.